The van der Waals surface area contributed by atoms with Gasteiger partial charge in [0.1, 0.15) is 5.75 Å². The molecular weight excluding hydrogens is 324 g/mol. The number of aryl methyl sites for hydroxylation is 3. The molecule has 8 heteroatoms. The van der Waals surface area contributed by atoms with E-state index in [1.54, 1.807) is 32.9 Å². The van der Waals surface area contributed by atoms with Crippen molar-refractivity contribution in [2.24, 2.45) is 0 Å². The fourth-order valence-corrected chi connectivity index (χ4v) is 4.45. The van der Waals surface area contributed by atoms with E-state index in [2.05, 4.69) is 9.71 Å². The van der Waals surface area contributed by atoms with E-state index < -0.39 is 15.9 Å². The van der Waals surface area contributed by atoms with Crippen molar-refractivity contribution in [3.63, 3.8) is 0 Å². The van der Waals surface area contributed by atoms with Crippen molar-refractivity contribution >= 4 is 27.3 Å². The van der Waals surface area contributed by atoms with Gasteiger partial charge in [0.25, 0.3) is 15.9 Å². The molecule has 2 rings (SSSR count). The lowest BCUT2D eigenvalue weighted by atomic mass is 10.1. The zero-order valence-electron chi connectivity index (χ0n) is 12.6. The Morgan fingerprint density at radius 2 is 1.95 bits per heavy atom. The lowest BCUT2D eigenvalue weighted by Gasteiger charge is -2.09. The second-order valence-electron chi connectivity index (χ2n) is 4.72. The number of hydrogen-bond acceptors (Lipinski definition) is 6. The maximum absolute atomic E-state index is 12.3. The van der Waals surface area contributed by atoms with E-state index in [0.29, 0.717) is 22.0 Å². The molecule has 1 aromatic carbocycles. The molecule has 1 aromatic heterocycles. The predicted octanol–water partition coefficient (Wildman–Crippen LogP) is 2.20. The molecule has 2 aromatic rings. The van der Waals surface area contributed by atoms with Gasteiger partial charge in [-0.1, -0.05) is 0 Å². The monoisotopic (exact) mass is 340 g/mol. The fourth-order valence-electron chi connectivity index (χ4n) is 2.00. The molecule has 0 bridgehead atoms. The first-order valence-corrected chi connectivity index (χ1v) is 8.70. The van der Waals surface area contributed by atoms with Gasteiger partial charge in [-0.05, 0) is 44.5 Å². The summed E-state index contributed by atoms with van der Waals surface area (Å²) in [5.41, 5.74) is 1.29. The van der Waals surface area contributed by atoms with Gasteiger partial charge >= 0.3 is 0 Å². The number of thiazole rings is 1. The van der Waals surface area contributed by atoms with Gasteiger partial charge in [0.05, 0.1) is 17.8 Å². The molecule has 1 amide bonds. The number of hydrogen-bond donors (Lipinski definition) is 1. The minimum atomic E-state index is -3.92. The lowest BCUT2D eigenvalue weighted by Crippen LogP contribution is -2.31. The summed E-state index contributed by atoms with van der Waals surface area (Å²) >= 11 is 1.03. The number of ether oxygens (including phenoxy) is 1. The number of sulfonamides is 1. The Bertz CT molecular complexity index is 825. The van der Waals surface area contributed by atoms with E-state index in [4.69, 9.17) is 4.74 Å². The highest BCUT2D eigenvalue weighted by atomic mass is 32.2. The normalized spacial score (nSPS) is 11.3. The van der Waals surface area contributed by atoms with Crippen molar-refractivity contribution in [2.45, 2.75) is 25.0 Å². The molecule has 0 radical (unpaired) electrons. The third-order valence-electron chi connectivity index (χ3n) is 3.01. The minimum absolute atomic E-state index is 0.0597. The number of carbonyl (C=O) groups excluding carboxylic acids is 1. The van der Waals surface area contributed by atoms with Crippen LogP contribution in [0.1, 0.15) is 26.6 Å². The average Bonchev–Trinajstić information content (AvgIpc) is 2.77. The van der Waals surface area contributed by atoms with E-state index in [0.717, 1.165) is 11.3 Å². The van der Waals surface area contributed by atoms with Crippen LogP contribution in [-0.4, -0.2) is 26.4 Å². The van der Waals surface area contributed by atoms with Crippen LogP contribution >= 0.6 is 11.3 Å². The largest absolute Gasteiger partial charge is 0.497 e. The summed E-state index contributed by atoms with van der Waals surface area (Å²) < 4.78 is 31.8. The number of amides is 1. The zero-order chi connectivity index (χ0) is 16.5. The van der Waals surface area contributed by atoms with Gasteiger partial charge < -0.3 is 4.74 Å². The first-order valence-electron chi connectivity index (χ1n) is 6.40. The number of carbonyl (C=O) groups is 1. The molecule has 6 nitrogen and oxygen atoms in total. The smallest absolute Gasteiger partial charge is 0.275 e. The summed E-state index contributed by atoms with van der Waals surface area (Å²) in [4.78, 5) is 16.3. The van der Waals surface area contributed by atoms with Crippen LogP contribution in [-0.2, 0) is 10.0 Å². The standard InChI is InChI=1S/C14H16N2O4S2/c1-8-7-11(20-4)5-6-12(8)13(17)16-22(18,19)14-9(2)15-10(3)21-14/h5-7H,1-4H3,(H,16,17). The summed E-state index contributed by atoms with van der Waals surface area (Å²) in [6.45, 7) is 5.03. The van der Waals surface area contributed by atoms with Crippen molar-refractivity contribution in [2.75, 3.05) is 7.11 Å². The second kappa shape index (κ2) is 6.05. The van der Waals surface area contributed by atoms with Crippen LogP contribution in [0.3, 0.4) is 0 Å². The summed E-state index contributed by atoms with van der Waals surface area (Å²) in [7, 11) is -2.40. The highest BCUT2D eigenvalue weighted by Gasteiger charge is 2.24. The number of rotatable bonds is 4. The van der Waals surface area contributed by atoms with Crippen LogP contribution in [0.5, 0.6) is 5.75 Å². The van der Waals surface area contributed by atoms with Crippen molar-refractivity contribution in [3.05, 3.63) is 40.0 Å². The van der Waals surface area contributed by atoms with Crippen molar-refractivity contribution in [1.82, 2.24) is 9.71 Å². The third kappa shape index (κ3) is 3.28. The number of aromatic nitrogens is 1. The lowest BCUT2D eigenvalue weighted by molar-refractivity contribution is 0.0981. The maximum atomic E-state index is 12.3. The van der Waals surface area contributed by atoms with Crippen LogP contribution in [0, 0.1) is 20.8 Å². The summed E-state index contributed by atoms with van der Waals surface area (Å²) in [5.74, 6) is -0.0727. The molecule has 22 heavy (non-hydrogen) atoms. The van der Waals surface area contributed by atoms with E-state index in [1.807, 2.05) is 0 Å². The molecule has 0 saturated carbocycles. The highest BCUT2D eigenvalue weighted by Crippen LogP contribution is 2.23. The van der Waals surface area contributed by atoms with Crippen LogP contribution < -0.4 is 9.46 Å². The zero-order valence-corrected chi connectivity index (χ0v) is 14.3. The van der Waals surface area contributed by atoms with E-state index >= 15 is 0 Å². The molecule has 0 aliphatic heterocycles. The molecule has 0 unspecified atom stereocenters. The van der Waals surface area contributed by atoms with E-state index in [-0.39, 0.29) is 9.77 Å². The average molecular weight is 340 g/mol. The summed E-state index contributed by atoms with van der Waals surface area (Å²) in [6.07, 6.45) is 0. The number of nitrogens with zero attached hydrogens (tertiary/aromatic N) is 1. The van der Waals surface area contributed by atoms with Crippen molar-refractivity contribution in [3.8, 4) is 5.75 Å². The highest BCUT2D eigenvalue weighted by molar-refractivity contribution is 7.92. The SMILES string of the molecule is COc1ccc(C(=O)NS(=O)(=O)c2sc(C)nc2C)c(C)c1. The van der Waals surface area contributed by atoms with E-state index in [1.165, 1.54) is 13.2 Å². The van der Waals surface area contributed by atoms with Crippen molar-refractivity contribution in [1.29, 1.82) is 0 Å². The Morgan fingerprint density at radius 3 is 2.45 bits per heavy atom. The number of methoxy groups -OCH3 is 1. The van der Waals surface area contributed by atoms with Gasteiger partial charge in [0.15, 0.2) is 4.21 Å². The quantitative estimate of drug-likeness (QED) is 0.922. The van der Waals surface area contributed by atoms with E-state index in [9.17, 15) is 13.2 Å². The van der Waals surface area contributed by atoms with Gasteiger partial charge in [0, 0.05) is 5.56 Å². The summed E-state index contributed by atoms with van der Waals surface area (Å²) in [6, 6.07) is 4.81. The fraction of sp³-hybridized carbons (Fsp3) is 0.286. The van der Waals surface area contributed by atoms with Gasteiger partial charge in [0.2, 0.25) is 0 Å². The number of nitrogens with one attached hydrogen (secondary N) is 1. The Kier molecular flexibility index (Phi) is 4.52. The minimum Gasteiger partial charge on any atom is -0.497 e. The van der Waals surface area contributed by atoms with Crippen LogP contribution in [0.15, 0.2) is 22.4 Å². The predicted molar refractivity (Wildman–Crippen MR) is 84.0 cm³/mol. The van der Waals surface area contributed by atoms with Crippen molar-refractivity contribution < 1.29 is 17.9 Å². The Balaban J connectivity index is 2.30. The molecule has 0 aliphatic carbocycles. The first kappa shape index (κ1) is 16.4. The van der Waals surface area contributed by atoms with Crippen LogP contribution in [0.2, 0.25) is 0 Å². The number of benzene rings is 1. The van der Waals surface area contributed by atoms with Crippen LogP contribution in [0.4, 0.5) is 0 Å². The third-order valence-corrected chi connectivity index (χ3v) is 6.02. The molecule has 0 atom stereocenters. The Hall–Kier alpha value is -1.93. The molecule has 0 spiro atoms. The summed E-state index contributed by atoms with van der Waals surface area (Å²) in [5, 5.41) is 0.631. The Labute approximate surface area is 133 Å². The molecular formula is C14H16N2O4S2. The topological polar surface area (TPSA) is 85.4 Å². The maximum Gasteiger partial charge on any atom is 0.275 e. The molecule has 0 aliphatic rings. The van der Waals surface area contributed by atoms with Gasteiger partial charge in [-0.3, -0.25) is 4.79 Å². The molecule has 1 heterocycles. The van der Waals surface area contributed by atoms with Gasteiger partial charge in [-0.2, -0.15) is 0 Å². The molecule has 118 valence electrons. The van der Waals surface area contributed by atoms with Crippen LogP contribution in [0.25, 0.3) is 0 Å². The molecule has 0 fully saturated rings. The molecule has 0 saturated heterocycles. The molecule has 1 N–H and O–H groups in total. The van der Waals surface area contributed by atoms with Gasteiger partial charge in [-0.15, -0.1) is 11.3 Å². The first-order chi connectivity index (χ1) is 10.2. The van der Waals surface area contributed by atoms with Gasteiger partial charge in [-0.25, -0.2) is 18.1 Å². The second-order valence-corrected chi connectivity index (χ2v) is 7.80. The Morgan fingerprint density at radius 1 is 1.27 bits per heavy atom.